The predicted octanol–water partition coefficient (Wildman–Crippen LogP) is 3.55. The van der Waals surface area contributed by atoms with Gasteiger partial charge in [0, 0.05) is 34.5 Å². The Bertz CT molecular complexity index is 875. The Hall–Kier alpha value is -2.81. The second kappa shape index (κ2) is 5.68. The minimum Gasteiger partial charge on any atom is -0.399 e. The van der Waals surface area contributed by atoms with Crippen LogP contribution in [0.2, 0.25) is 0 Å². The Kier molecular flexibility index (Phi) is 3.49. The Morgan fingerprint density at radius 1 is 1.00 bits per heavy atom. The average Bonchev–Trinajstić information content (AvgIpc) is 2.61. The van der Waals surface area contributed by atoms with E-state index in [-0.39, 0.29) is 5.92 Å². The van der Waals surface area contributed by atoms with Crippen molar-refractivity contribution < 1.29 is 4.58 Å². The van der Waals surface area contributed by atoms with Gasteiger partial charge in [0.15, 0.2) is 5.71 Å². The number of benzene rings is 2. The van der Waals surface area contributed by atoms with Crippen molar-refractivity contribution in [3.63, 3.8) is 0 Å². The summed E-state index contributed by atoms with van der Waals surface area (Å²) in [6, 6.07) is 16.8. The second-order valence-electron chi connectivity index (χ2n) is 6.39. The molecule has 4 rings (SSSR count). The molecule has 2 aliphatic rings. The van der Waals surface area contributed by atoms with Gasteiger partial charge in [-0.1, -0.05) is 24.3 Å². The Morgan fingerprint density at radius 2 is 1.79 bits per heavy atom. The minimum atomic E-state index is 0.244. The van der Waals surface area contributed by atoms with Crippen LogP contribution in [0, 0.1) is 5.92 Å². The van der Waals surface area contributed by atoms with Crippen LogP contribution in [0.15, 0.2) is 72.5 Å². The van der Waals surface area contributed by atoms with Gasteiger partial charge in [-0.25, -0.2) is 0 Å². The molecule has 1 heterocycles. The van der Waals surface area contributed by atoms with Crippen LogP contribution in [0.1, 0.15) is 24.0 Å². The minimum absolute atomic E-state index is 0.244. The van der Waals surface area contributed by atoms with E-state index in [1.54, 1.807) is 0 Å². The van der Waals surface area contributed by atoms with Crippen molar-refractivity contribution in [3.05, 3.63) is 83.6 Å². The largest absolute Gasteiger partial charge is 0.399 e. The van der Waals surface area contributed by atoms with Crippen LogP contribution in [0.3, 0.4) is 0 Å². The van der Waals surface area contributed by atoms with Crippen LogP contribution in [-0.4, -0.2) is 16.8 Å². The Morgan fingerprint density at radius 3 is 2.54 bits per heavy atom. The van der Waals surface area contributed by atoms with Gasteiger partial charge in [0.2, 0.25) is 5.69 Å². The van der Waals surface area contributed by atoms with E-state index in [2.05, 4.69) is 66.1 Å². The van der Waals surface area contributed by atoms with Crippen LogP contribution in [0.5, 0.6) is 0 Å². The fourth-order valence-electron chi connectivity index (χ4n) is 3.93. The SMILES string of the molecule is CC[N+]1=C(c2ccccc2)C2C=C(N)C=CC2c2ccc(N)cc21. The van der Waals surface area contributed by atoms with Crippen molar-refractivity contribution in [1.82, 2.24) is 0 Å². The molecule has 0 saturated heterocycles. The summed E-state index contributed by atoms with van der Waals surface area (Å²) in [6.07, 6.45) is 6.44. The van der Waals surface area contributed by atoms with E-state index in [1.807, 2.05) is 12.1 Å². The molecular formula is C21H22N3+. The summed E-state index contributed by atoms with van der Waals surface area (Å²) in [5.74, 6) is 0.541. The van der Waals surface area contributed by atoms with E-state index in [1.165, 1.54) is 22.5 Å². The lowest BCUT2D eigenvalue weighted by Crippen LogP contribution is -2.35. The van der Waals surface area contributed by atoms with Crippen LogP contribution >= 0.6 is 0 Å². The number of rotatable bonds is 2. The van der Waals surface area contributed by atoms with Gasteiger partial charge in [-0.15, -0.1) is 0 Å². The fraction of sp³-hybridized carbons (Fsp3) is 0.190. The lowest BCUT2D eigenvalue weighted by atomic mass is 9.74. The van der Waals surface area contributed by atoms with Crippen molar-refractivity contribution in [2.45, 2.75) is 12.8 Å². The quantitative estimate of drug-likeness (QED) is 0.657. The number of nitrogens with zero attached hydrogens (tertiary/aromatic N) is 1. The highest BCUT2D eigenvalue weighted by molar-refractivity contribution is 6.02. The van der Waals surface area contributed by atoms with Crippen molar-refractivity contribution in [1.29, 1.82) is 0 Å². The number of nitrogens with two attached hydrogens (primary N) is 2. The smallest absolute Gasteiger partial charge is 0.211 e. The maximum absolute atomic E-state index is 6.14. The molecule has 0 saturated carbocycles. The van der Waals surface area contributed by atoms with E-state index in [4.69, 9.17) is 11.5 Å². The molecule has 0 fully saturated rings. The number of hydrogen-bond acceptors (Lipinski definition) is 2. The molecule has 0 radical (unpaired) electrons. The molecule has 0 spiro atoms. The summed E-state index contributed by atoms with van der Waals surface area (Å²) in [5.41, 5.74) is 18.9. The number of nitrogen functional groups attached to an aromatic ring is 1. The third-order valence-electron chi connectivity index (χ3n) is 4.95. The van der Waals surface area contributed by atoms with Gasteiger partial charge >= 0.3 is 0 Å². The maximum atomic E-state index is 6.14. The summed E-state index contributed by atoms with van der Waals surface area (Å²) in [5, 5.41) is 0. The third-order valence-corrected chi connectivity index (χ3v) is 4.95. The Balaban J connectivity index is 2.03. The highest BCUT2D eigenvalue weighted by Crippen LogP contribution is 2.43. The maximum Gasteiger partial charge on any atom is 0.211 e. The van der Waals surface area contributed by atoms with Gasteiger partial charge in [-0.05, 0) is 43.3 Å². The molecule has 0 bridgehead atoms. The first-order valence-corrected chi connectivity index (χ1v) is 8.43. The summed E-state index contributed by atoms with van der Waals surface area (Å²) in [4.78, 5) is 0. The third kappa shape index (κ3) is 2.24. The number of allylic oxidation sites excluding steroid dienone is 3. The molecule has 0 aromatic heterocycles. The highest BCUT2D eigenvalue weighted by atomic mass is 15.0. The molecule has 1 aliphatic heterocycles. The van der Waals surface area contributed by atoms with Gasteiger partial charge in [0.1, 0.15) is 6.54 Å². The van der Waals surface area contributed by atoms with Crippen LogP contribution in [0.25, 0.3) is 0 Å². The molecular weight excluding hydrogens is 294 g/mol. The van der Waals surface area contributed by atoms with Gasteiger partial charge in [0.25, 0.3) is 0 Å². The first-order valence-electron chi connectivity index (χ1n) is 8.43. The van der Waals surface area contributed by atoms with Gasteiger partial charge in [-0.2, -0.15) is 4.58 Å². The monoisotopic (exact) mass is 316 g/mol. The predicted molar refractivity (Wildman–Crippen MR) is 99.5 cm³/mol. The zero-order valence-corrected chi connectivity index (χ0v) is 13.8. The molecule has 1 aliphatic carbocycles. The van der Waals surface area contributed by atoms with Crippen molar-refractivity contribution in [2.75, 3.05) is 12.3 Å². The standard InChI is InChI=1S/C21H22N3/c1-2-24-20-13-16(23)9-11-18(20)17-10-8-15(22)12-19(17)21(24)14-6-4-3-5-7-14/h3-13,17,19H,2,22-23H2,1H3/q+1. The van der Waals surface area contributed by atoms with Gasteiger partial charge < -0.3 is 11.5 Å². The molecule has 2 aromatic carbocycles. The molecule has 3 heteroatoms. The van der Waals surface area contributed by atoms with E-state index in [9.17, 15) is 0 Å². The van der Waals surface area contributed by atoms with Crippen molar-refractivity contribution in [2.24, 2.45) is 11.7 Å². The van der Waals surface area contributed by atoms with Crippen LogP contribution in [0.4, 0.5) is 11.4 Å². The topological polar surface area (TPSA) is 55.0 Å². The van der Waals surface area contributed by atoms with Crippen LogP contribution in [-0.2, 0) is 0 Å². The lowest BCUT2D eigenvalue weighted by molar-refractivity contribution is -0.441. The average molecular weight is 316 g/mol. The lowest BCUT2D eigenvalue weighted by Gasteiger charge is -2.31. The van der Waals surface area contributed by atoms with Crippen molar-refractivity contribution >= 4 is 17.1 Å². The molecule has 2 aromatic rings. The first kappa shape index (κ1) is 14.8. The molecule has 120 valence electrons. The summed E-state index contributed by atoms with van der Waals surface area (Å²) in [7, 11) is 0. The fourth-order valence-corrected chi connectivity index (χ4v) is 3.93. The summed E-state index contributed by atoms with van der Waals surface area (Å²) < 4.78 is 2.38. The molecule has 0 amide bonds. The molecule has 3 nitrogen and oxygen atoms in total. The number of fused-ring (bicyclic) bond motifs is 3. The van der Waals surface area contributed by atoms with E-state index < -0.39 is 0 Å². The van der Waals surface area contributed by atoms with Crippen molar-refractivity contribution in [3.8, 4) is 0 Å². The molecule has 2 atom stereocenters. The van der Waals surface area contributed by atoms with E-state index in [0.29, 0.717) is 5.92 Å². The Labute approximate surface area is 142 Å². The van der Waals surface area contributed by atoms with Crippen LogP contribution < -0.4 is 11.5 Å². The molecule has 2 unspecified atom stereocenters. The van der Waals surface area contributed by atoms with E-state index in [0.717, 1.165) is 17.9 Å². The zero-order chi connectivity index (χ0) is 16.7. The molecule has 24 heavy (non-hydrogen) atoms. The zero-order valence-electron chi connectivity index (χ0n) is 13.8. The molecule has 4 N–H and O–H groups in total. The number of hydrogen-bond donors (Lipinski definition) is 2. The highest BCUT2D eigenvalue weighted by Gasteiger charge is 2.40. The van der Waals surface area contributed by atoms with Gasteiger partial charge in [-0.3, -0.25) is 0 Å². The number of anilines is 1. The van der Waals surface area contributed by atoms with E-state index >= 15 is 0 Å². The van der Waals surface area contributed by atoms with Gasteiger partial charge in [0.05, 0.1) is 5.92 Å². The summed E-state index contributed by atoms with van der Waals surface area (Å²) in [6.45, 7) is 3.07. The normalized spacial score (nSPS) is 22.0. The second-order valence-corrected chi connectivity index (χ2v) is 6.39. The summed E-state index contributed by atoms with van der Waals surface area (Å²) >= 11 is 0. The first-order chi connectivity index (χ1) is 11.7.